The molecular weight excluding hydrogens is 452 g/mol. The van der Waals surface area contributed by atoms with Crippen molar-refractivity contribution in [3.63, 3.8) is 0 Å². The van der Waals surface area contributed by atoms with E-state index < -0.39 is 0 Å². The highest BCUT2D eigenvalue weighted by Gasteiger charge is 2.47. The van der Waals surface area contributed by atoms with Crippen LogP contribution in [0.15, 0.2) is 84.9 Å². The molecule has 1 amide bonds. The maximum atomic E-state index is 12.8. The summed E-state index contributed by atoms with van der Waals surface area (Å²) in [6.45, 7) is 3.69. The second kappa shape index (κ2) is 11.7. The fourth-order valence-electron chi connectivity index (χ4n) is 5.07. The number of nitrogens with one attached hydrogen (secondary N) is 1. The first-order valence-corrected chi connectivity index (χ1v) is 12.8. The minimum atomic E-state index is -0.225. The van der Waals surface area contributed by atoms with E-state index >= 15 is 0 Å². The summed E-state index contributed by atoms with van der Waals surface area (Å²) in [6, 6.07) is 27.8. The summed E-state index contributed by atoms with van der Waals surface area (Å²) in [5, 5.41) is 3.02. The van der Waals surface area contributed by atoms with Crippen LogP contribution < -0.4 is 10.1 Å². The Morgan fingerprint density at radius 3 is 2.28 bits per heavy atom. The lowest BCUT2D eigenvalue weighted by molar-refractivity contribution is -0.159. The molecule has 2 heterocycles. The van der Waals surface area contributed by atoms with Gasteiger partial charge >= 0.3 is 0 Å². The van der Waals surface area contributed by atoms with Gasteiger partial charge in [0.05, 0.1) is 24.9 Å². The van der Waals surface area contributed by atoms with Crippen LogP contribution in [0.1, 0.15) is 30.4 Å². The van der Waals surface area contributed by atoms with E-state index in [1.165, 1.54) is 0 Å². The number of piperidine rings is 1. The maximum Gasteiger partial charge on any atom is 0.238 e. The van der Waals surface area contributed by atoms with Crippen LogP contribution in [0.2, 0.25) is 0 Å². The number of carbonyl (C=O) groups is 1. The van der Waals surface area contributed by atoms with E-state index in [1.807, 2.05) is 72.8 Å². The minimum absolute atomic E-state index is 0.0296. The summed E-state index contributed by atoms with van der Waals surface area (Å²) >= 11 is 0. The molecule has 0 radical (unpaired) electrons. The van der Waals surface area contributed by atoms with Crippen LogP contribution in [-0.4, -0.2) is 48.8 Å². The van der Waals surface area contributed by atoms with E-state index in [2.05, 4.69) is 22.3 Å². The summed E-state index contributed by atoms with van der Waals surface area (Å²) in [5.74, 6) is 0.742. The fourth-order valence-corrected chi connectivity index (χ4v) is 5.07. The lowest BCUT2D eigenvalue weighted by atomic mass is 9.85. The Hall–Kier alpha value is -3.19. The van der Waals surface area contributed by atoms with E-state index in [0.29, 0.717) is 26.3 Å². The molecule has 0 aliphatic carbocycles. The highest BCUT2D eigenvalue weighted by atomic mass is 16.6. The van der Waals surface area contributed by atoms with Gasteiger partial charge in [-0.05, 0) is 54.7 Å². The van der Waals surface area contributed by atoms with E-state index in [9.17, 15) is 4.79 Å². The number of hydrogen-bond acceptors (Lipinski definition) is 5. The van der Waals surface area contributed by atoms with Crippen molar-refractivity contribution in [2.75, 3.05) is 31.6 Å². The molecule has 0 aromatic heterocycles. The minimum Gasteiger partial charge on any atom is -0.489 e. The SMILES string of the molecule is O=C(CN1CCC2(CCCO2)C(OCc2ccccc2)C1)Nc1ccc(OCc2ccccc2)cc1. The molecule has 2 atom stereocenters. The van der Waals surface area contributed by atoms with Crippen molar-refractivity contribution in [3.05, 3.63) is 96.1 Å². The molecule has 5 rings (SSSR count). The molecular formula is C30H34N2O4. The van der Waals surface area contributed by atoms with Crippen LogP contribution in [0.3, 0.4) is 0 Å². The van der Waals surface area contributed by atoms with Gasteiger partial charge in [-0.3, -0.25) is 9.69 Å². The van der Waals surface area contributed by atoms with Crippen LogP contribution >= 0.6 is 0 Å². The molecule has 3 aromatic rings. The number of nitrogens with zero attached hydrogens (tertiary/aromatic N) is 1. The summed E-state index contributed by atoms with van der Waals surface area (Å²) in [6.07, 6.45) is 2.91. The smallest absolute Gasteiger partial charge is 0.238 e. The average molecular weight is 487 g/mol. The van der Waals surface area contributed by atoms with Crippen molar-refractivity contribution >= 4 is 11.6 Å². The van der Waals surface area contributed by atoms with Gasteiger partial charge in [0.15, 0.2) is 0 Å². The van der Waals surface area contributed by atoms with Crippen molar-refractivity contribution in [2.45, 2.75) is 44.2 Å². The zero-order valence-electron chi connectivity index (χ0n) is 20.6. The summed E-state index contributed by atoms with van der Waals surface area (Å²) in [4.78, 5) is 15.0. The number of carbonyl (C=O) groups excluding carboxylic acids is 1. The van der Waals surface area contributed by atoms with E-state index in [1.54, 1.807) is 0 Å². The lowest BCUT2D eigenvalue weighted by Gasteiger charge is -2.44. The Morgan fingerprint density at radius 1 is 0.917 bits per heavy atom. The number of ether oxygens (including phenoxy) is 3. The van der Waals surface area contributed by atoms with Gasteiger partial charge in [-0.15, -0.1) is 0 Å². The third kappa shape index (κ3) is 6.32. The first-order valence-electron chi connectivity index (χ1n) is 12.8. The van der Waals surface area contributed by atoms with Crippen LogP contribution in [0.5, 0.6) is 5.75 Å². The van der Waals surface area contributed by atoms with Crippen LogP contribution in [0, 0.1) is 0 Å². The van der Waals surface area contributed by atoms with Gasteiger partial charge in [0.2, 0.25) is 5.91 Å². The largest absolute Gasteiger partial charge is 0.489 e. The number of rotatable bonds is 9. The van der Waals surface area contributed by atoms with Gasteiger partial charge in [0.25, 0.3) is 0 Å². The quantitative estimate of drug-likeness (QED) is 0.459. The Morgan fingerprint density at radius 2 is 1.61 bits per heavy atom. The molecule has 3 aromatic carbocycles. The number of hydrogen-bond donors (Lipinski definition) is 1. The Balaban J connectivity index is 1.12. The zero-order valence-corrected chi connectivity index (χ0v) is 20.6. The summed E-state index contributed by atoms with van der Waals surface area (Å²) in [5.41, 5.74) is 2.80. The molecule has 188 valence electrons. The van der Waals surface area contributed by atoms with Crippen LogP contribution in [0.4, 0.5) is 5.69 Å². The molecule has 2 fully saturated rings. The van der Waals surface area contributed by atoms with Gasteiger partial charge in [0.1, 0.15) is 12.4 Å². The number of benzene rings is 3. The van der Waals surface area contributed by atoms with Crippen molar-refractivity contribution in [1.29, 1.82) is 0 Å². The van der Waals surface area contributed by atoms with Crippen molar-refractivity contribution in [2.24, 2.45) is 0 Å². The number of amides is 1. The molecule has 2 aliphatic heterocycles. The first kappa shape index (κ1) is 24.5. The Labute approximate surface area is 213 Å². The average Bonchev–Trinajstić information content (AvgIpc) is 3.39. The van der Waals surface area contributed by atoms with E-state index in [4.69, 9.17) is 14.2 Å². The Kier molecular flexibility index (Phi) is 7.96. The van der Waals surface area contributed by atoms with Crippen LogP contribution in [0.25, 0.3) is 0 Å². The molecule has 2 aliphatic rings. The zero-order chi connectivity index (χ0) is 24.6. The first-order chi connectivity index (χ1) is 17.7. The normalized spacial score (nSPS) is 21.9. The molecule has 2 saturated heterocycles. The predicted molar refractivity (Wildman–Crippen MR) is 140 cm³/mol. The van der Waals surface area contributed by atoms with Gasteiger partial charge < -0.3 is 19.5 Å². The second-order valence-electron chi connectivity index (χ2n) is 9.63. The third-order valence-corrected chi connectivity index (χ3v) is 7.04. The topological polar surface area (TPSA) is 60.0 Å². The maximum absolute atomic E-state index is 12.8. The molecule has 1 N–H and O–H groups in total. The summed E-state index contributed by atoms with van der Waals surface area (Å²) < 4.78 is 18.5. The third-order valence-electron chi connectivity index (χ3n) is 7.04. The van der Waals surface area contributed by atoms with Crippen LogP contribution in [-0.2, 0) is 27.5 Å². The van der Waals surface area contributed by atoms with Gasteiger partial charge in [-0.25, -0.2) is 0 Å². The van der Waals surface area contributed by atoms with Crippen molar-refractivity contribution in [3.8, 4) is 5.75 Å². The van der Waals surface area contributed by atoms with Gasteiger partial charge in [-0.2, -0.15) is 0 Å². The van der Waals surface area contributed by atoms with Crippen molar-refractivity contribution < 1.29 is 19.0 Å². The van der Waals surface area contributed by atoms with E-state index in [0.717, 1.165) is 55.0 Å². The highest BCUT2D eigenvalue weighted by molar-refractivity contribution is 5.92. The highest BCUT2D eigenvalue weighted by Crippen LogP contribution is 2.38. The van der Waals surface area contributed by atoms with Crippen molar-refractivity contribution in [1.82, 2.24) is 4.90 Å². The molecule has 36 heavy (non-hydrogen) atoms. The predicted octanol–water partition coefficient (Wildman–Crippen LogP) is 5.04. The van der Waals surface area contributed by atoms with Gasteiger partial charge in [0, 0.05) is 25.4 Å². The number of likely N-dealkylation sites (tertiary alicyclic amines) is 1. The second-order valence-corrected chi connectivity index (χ2v) is 9.63. The van der Waals surface area contributed by atoms with E-state index in [-0.39, 0.29) is 17.6 Å². The fraction of sp³-hybridized carbons (Fsp3) is 0.367. The van der Waals surface area contributed by atoms with Gasteiger partial charge in [-0.1, -0.05) is 60.7 Å². The molecule has 2 unspecified atom stereocenters. The molecule has 1 spiro atoms. The molecule has 6 heteroatoms. The molecule has 0 bridgehead atoms. The molecule has 0 saturated carbocycles. The Bertz CT molecular complexity index is 1100. The monoisotopic (exact) mass is 486 g/mol. The lowest BCUT2D eigenvalue weighted by Crippen LogP contribution is -2.57. The summed E-state index contributed by atoms with van der Waals surface area (Å²) in [7, 11) is 0. The number of anilines is 1. The molecule has 6 nitrogen and oxygen atoms in total. The standard InChI is InChI=1S/C30H34N2O4/c33-29(31-26-12-14-27(15-13-26)34-22-24-8-3-1-4-9-24)21-32-18-17-30(16-7-19-36-30)28(20-32)35-23-25-10-5-2-6-11-25/h1-6,8-15,28H,7,16-23H2,(H,31,33).